The van der Waals surface area contributed by atoms with E-state index in [0.717, 1.165) is 31.2 Å². The Labute approximate surface area is 241 Å². The summed E-state index contributed by atoms with van der Waals surface area (Å²) in [7, 11) is 1.58. The number of Topliss-reactive ketones (excluding diaryl/α,β-unsaturated/α-hetero) is 1. The summed E-state index contributed by atoms with van der Waals surface area (Å²) in [5.41, 5.74) is 1.82. The maximum atomic E-state index is 13.4. The lowest BCUT2D eigenvalue weighted by molar-refractivity contribution is 0.0921. The smallest absolute Gasteiger partial charge is 0.415 e. The fraction of sp³-hybridized carbons (Fsp3) is 0.394. The fourth-order valence-corrected chi connectivity index (χ4v) is 4.78. The van der Waals surface area contributed by atoms with E-state index in [1.807, 2.05) is 18.2 Å². The van der Waals surface area contributed by atoms with Gasteiger partial charge in [0.1, 0.15) is 35.2 Å². The Morgan fingerprint density at radius 3 is 2.22 bits per heavy atom. The molecule has 0 aliphatic carbocycles. The molecule has 1 aliphatic heterocycles. The van der Waals surface area contributed by atoms with Crippen molar-refractivity contribution in [1.82, 2.24) is 0 Å². The van der Waals surface area contributed by atoms with Crippen LogP contribution in [0.2, 0.25) is 0 Å². The maximum Gasteiger partial charge on any atom is 0.415 e. The molecule has 0 aromatic heterocycles. The third-order valence-corrected chi connectivity index (χ3v) is 7.08. The summed E-state index contributed by atoms with van der Waals surface area (Å²) >= 11 is 0. The highest BCUT2D eigenvalue weighted by Crippen LogP contribution is 2.44. The van der Waals surface area contributed by atoms with Crippen molar-refractivity contribution in [3.63, 3.8) is 0 Å². The van der Waals surface area contributed by atoms with Gasteiger partial charge in [-0.3, -0.25) is 9.69 Å². The summed E-state index contributed by atoms with van der Waals surface area (Å²) in [6.45, 7) is 5.32. The zero-order valence-electron chi connectivity index (χ0n) is 23.9. The summed E-state index contributed by atoms with van der Waals surface area (Å²) in [4.78, 5) is 27.9. The SMILES string of the molecule is CCCCOc1ccc([C@@H]2[C@@H](CCC(=O)c3ccc(F)cc3)OC(=O)N2c2ccc(OC)cc2)c(OCCCC)c1. The number of amides is 1. The van der Waals surface area contributed by atoms with Gasteiger partial charge in [-0.25, -0.2) is 9.18 Å². The van der Waals surface area contributed by atoms with Crippen LogP contribution < -0.4 is 19.1 Å². The van der Waals surface area contributed by atoms with Crippen LogP contribution in [0.3, 0.4) is 0 Å². The molecule has 4 rings (SSSR count). The van der Waals surface area contributed by atoms with Crippen LogP contribution in [0.25, 0.3) is 0 Å². The van der Waals surface area contributed by atoms with Gasteiger partial charge in [-0.1, -0.05) is 26.7 Å². The average molecular weight is 564 g/mol. The number of unbranched alkanes of at least 4 members (excludes halogenated alkanes) is 2. The molecular formula is C33H38FNO6. The van der Waals surface area contributed by atoms with Crippen molar-refractivity contribution >= 4 is 17.6 Å². The van der Waals surface area contributed by atoms with E-state index in [0.29, 0.717) is 41.7 Å². The van der Waals surface area contributed by atoms with Crippen LogP contribution in [-0.2, 0) is 4.74 Å². The number of nitrogens with zero attached hydrogens (tertiary/aromatic N) is 1. The van der Waals surface area contributed by atoms with Gasteiger partial charge in [0.15, 0.2) is 5.78 Å². The number of benzene rings is 3. The molecule has 3 aromatic carbocycles. The quantitative estimate of drug-likeness (QED) is 0.138. The van der Waals surface area contributed by atoms with Gasteiger partial charge >= 0.3 is 6.09 Å². The van der Waals surface area contributed by atoms with Crippen LogP contribution in [0.4, 0.5) is 14.9 Å². The summed E-state index contributed by atoms with van der Waals surface area (Å²) in [5, 5.41) is 0. The number of cyclic esters (lactones) is 1. The maximum absolute atomic E-state index is 13.4. The number of rotatable bonds is 15. The first-order valence-electron chi connectivity index (χ1n) is 14.3. The van der Waals surface area contributed by atoms with E-state index >= 15 is 0 Å². The normalized spacial score (nSPS) is 16.4. The number of anilines is 1. The molecule has 2 atom stereocenters. The summed E-state index contributed by atoms with van der Waals surface area (Å²) in [6.07, 6.45) is 3.07. The summed E-state index contributed by atoms with van der Waals surface area (Å²) in [6, 6.07) is 17.8. The predicted molar refractivity (Wildman–Crippen MR) is 156 cm³/mol. The van der Waals surface area contributed by atoms with E-state index in [9.17, 15) is 14.0 Å². The van der Waals surface area contributed by atoms with Crippen LogP contribution in [-0.4, -0.2) is 38.3 Å². The largest absolute Gasteiger partial charge is 0.497 e. The van der Waals surface area contributed by atoms with Gasteiger partial charge in [0, 0.05) is 29.3 Å². The minimum absolute atomic E-state index is 0.126. The first-order chi connectivity index (χ1) is 19.9. The van der Waals surface area contributed by atoms with Crippen LogP contribution in [0.15, 0.2) is 66.7 Å². The van der Waals surface area contributed by atoms with E-state index < -0.39 is 24.1 Å². The first-order valence-corrected chi connectivity index (χ1v) is 14.3. The molecule has 41 heavy (non-hydrogen) atoms. The van der Waals surface area contributed by atoms with E-state index in [1.54, 1.807) is 36.3 Å². The van der Waals surface area contributed by atoms with Crippen LogP contribution in [0, 0.1) is 5.82 Å². The second-order valence-electron chi connectivity index (χ2n) is 10.0. The molecule has 3 aromatic rings. The zero-order valence-corrected chi connectivity index (χ0v) is 23.9. The number of methoxy groups -OCH3 is 1. The highest BCUT2D eigenvalue weighted by molar-refractivity contribution is 5.96. The lowest BCUT2D eigenvalue weighted by Gasteiger charge is -2.27. The molecule has 7 nitrogen and oxygen atoms in total. The van der Waals surface area contributed by atoms with Gasteiger partial charge in [0.2, 0.25) is 0 Å². The van der Waals surface area contributed by atoms with E-state index in [-0.39, 0.29) is 18.6 Å². The minimum Gasteiger partial charge on any atom is -0.497 e. The molecule has 1 amide bonds. The Balaban J connectivity index is 1.68. The van der Waals surface area contributed by atoms with E-state index in [2.05, 4.69) is 13.8 Å². The van der Waals surface area contributed by atoms with Gasteiger partial charge in [-0.2, -0.15) is 0 Å². The average Bonchev–Trinajstić information content (AvgIpc) is 3.32. The molecule has 1 aliphatic rings. The van der Waals surface area contributed by atoms with Gasteiger partial charge in [0.05, 0.1) is 20.3 Å². The molecule has 0 saturated carbocycles. The van der Waals surface area contributed by atoms with Crippen LogP contribution in [0.1, 0.15) is 74.3 Å². The lowest BCUT2D eigenvalue weighted by Crippen LogP contribution is -2.30. The molecule has 0 unspecified atom stereocenters. The van der Waals surface area contributed by atoms with Crippen molar-refractivity contribution in [1.29, 1.82) is 0 Å². The number of halogens is 1. The topological polar surface area (TPSA) is 74.3 Å². The van der Waals surface area contributed by atoms with Crippen molar-refractivity contribution in [2.45, 2.75) is 64.5 Å². The fourth-order valence-electron chi connectivity index (χ4n) is 4.78. The molecule has 218 valence electrons. The minimum atomic E-state index is -0.630. The Morgan fingerprint density at radius 1 is 0.902 bits per heavy atom. The molecule has 0 spiro atoms. The first kappa shape index (κ1) is 29.9. The van der Waals surface area contributed by atoms with Gasteiger partial charge in [-0.15, -0.1) is 0 Å². The third-order valence-electron chi connectivity index (χ3n) is 7.08. The summed E-state index contributed by atoms with van der Waals surface area (Å²) < 4.78 is 36.8. The van der Waals surface area contributed by atoms with Crippen molar-refractivity contribution in [3.05, 3.63) is 83.7 Å². The number of ether oxygens (including phenoxy) is 4. The third kappa shape index (κ3) is 7.57. The van der Waals surface area contributed by atoms with Crippen molar-refractivity contribution in [2.24, 2.45) is 0 Å². The van der Waals surface area contributed by atoms with E-state index in [1.165, 1.54) is 24.3 Å². The highest BCUT2D eigenvalue weighted by Gasteiger charge is 2.45. The van der Waals surface area contributed by atoms with Gasteiger partial charge in [0.25, 0.3) is 0 Å². The van der Waals surface area contributed by atoms with Crippen molar-refractivity contribution in [3.8, 4) is 17.2 Å². The van der Waals surface area contributed by atoms with Gasteiger partial charge < -0.3 is 18.9 Å². The molecule has 1 saturated heterocycles. The number of hydrogen-bond acceptors (Lipinski definition) is 6. The summed E-state index contributed by atoms with van der Waals surface area (Å²) in [5.74, 6) is 1.42. The molecule has 0 bridgehead atoms. The Hall–Kier alpha value is -4.07. The molecule has 1 fully saturated rings. The number of ketones is 1. The predicted octanol–water partition coefficient (Wildman–Crippen LogP) is 7.92. The molecule has 8 heteroatoms. The second-order valence-corrected chi connectivity index (χ2v) is 10.0. The molecule has 1 heterocycles. The number of hydrogen-bond donors (Lipinski definition) is 0. The second kappa shape index (κ2) is 14.5. The standard InChI is InChI=1S/C33H38FNO6/c1-4-6-20-39-27-16-17-28(31(22-27)40-21-7-5-2)32-30(19-18-29(36)23-8-10-24(34)11-9-23)41-33(37)35(32)25-12-14-26(38-3)15-13-25/h8-17,22,30,32H,4-7,18-21H2,1-3H3/t30-,32-/m1/s1. The molecular weight excluding hydrogens is 525 g/mol. The number of carbonyl (C=O) groups is 2. The highest BCUT2D eigenvalue weighted by atomic mass is 19.1. The lowest BCUT2D eigenvalue weighted by atomic mass is 9.94. The Bertz CT molecular complexity index is 1290. The Kier molecular flexibility index (Phi) is 10.6. The van der Waals surface area contributed by atoms with Gasteiger partial charge in [-0.05, 0) is 79.9 Å². The number of carbonyl (C=O) groups excluding carboxylic acids is 2. The van der Waals surface area contributed by atoms with Crippen LogP contribution in [0.5, 0.6) is 17.2 Å². The molecule has 0 radical (unpaired) electrons. The molecule has 0 N–H and O–H groups in total. The van der Waals surface area contributed by atoms with E-state index in [4.69, 9.17) is 18.9 Å². The monoisotopic (exact) mass is 563 g/mol. The van der Waals surface area contributed by atoms with Crippen molar-refractivity contribution in [2.75, 3.05) is 25.2 Å². The van der Waals surface area contributed by atoms with Crippen molar-refractivity contribution < 1.29 is 32.9 Å². The zero-order chi connectivity index (χ0) is 29.2. The van der Waals surface area contributed by atoms with Crippen LogP contribution >= 0.6 is 0 Å². The Morgan fingerprint density at radius 2 is 1.56 bits per heavy atom.